The molecule has 0 N–H and O–H groups in total. The molecule has 0 aliphatic carbocycles. The Morgan fingerprint density at radius 1 is 1.57 bits per heavy atom. The van der Waals surface area contributed by atoms with Crippen molar-refractivity contribution in [1.82, 2.24) is 4.99 Å². The van der Waals surface area contributed by atoms with Crippen molar-refractivity contribution < 1.29 is 0 Å². The Bertz CT molecular complexity index is 140. The molecular weight excluding hydrogens is 153 g/mol. The van der Waals surface area contributed by atoms with Crippen LogP contribution in [-0.4, -0.2) is 5.55 Å². The number of aliphatic imine (C=N–C) groups is 1. The molecule has 0 fully saturated rings. The molecule has 1 aliphatic heterocycles. The number of nitrogens with zero attached hydrogens (tertiary/aromatic N) is 1. The van der Waals surface area contributed by atoms with Crippen molar-refractivity contribution in [2.45, 2.75) is 0 Å². The van der Waals surface area contributed by atoms with Crippen LogP contribution >= 0.6 is 35.0 Å². The van der Waals surface area contributed by atoms with Gasteiger partial charge in [0.2, 0.25) is 0 Å². The molecule has 0 saturated heterocycles. The molecule has 0 spiro atoms. The molecule has 1 rings (SSSR count). The highest BCUT2D eigenvalue weighted by Crippen LogP contribution is 2.26. The third-order valence-corrected chi connectivity index (χ3v) is 2.04. The van der Waals surface area contributed by atoms with Gasteiger partial charge in [0.05, 0.1) is 4.99 Å². The molecule has 0 bridgehead atoms. The zero-order chi connectivity index (χ0) is 5.28. The lowest BCUT2D eigenvalue weighted by Gasteiger charge is -1.68. The van der Waals surface area contributed by atoms with Crippen LogP contribution in [0.5, 0.6) is 0 Å². The van der Waals surface area contributed by atoms with Gasteiger partial charge in [0.15, 0.2) is 4.36 Å². The third kappa shape index (κ3) is 1.12. The van der Waals surface area contributed by atoms with Crippen molar-refractivity contribution in [1.29, 1.82) is 0 Å². The average Bonchev–Trinajstić information content (AvgIpc) is 1.91. The zero-order valence-electron chi connectivity index (χ0n) is 3.19. The summed E-state index contributed by atoms with van der Waals surface area (Å²) in [4.78, 5) is 3.67. The van der Waals surface area contributed by atoms with Crippen LogP contribution in [0.15, 0.2) is 9.52 Å². The summed E-state index contributed by atoms with van der Waals surface area (Å²) < 4.78 is 0.557. The molecule has 4 heteroatoms. The van der Waals surface area contributed by atoms with Gasteiger partial charge in [-0.05, 0) is 23.4 Å². The molecule has 0 aromatic rings. The highest BCUT2D eigenvalue weighted by molar-refractivity contribution is 8.16. The van der Waals surface area contributed by atoms with Crippen molar-refractivity contribution >= 4 is 40.5 Å². The summed E-state index contributed by atoms with van der Waals surface area (Å²) in [5, 5.41) is 0.395. The quantitative estimate of drug-likeness (QED) is 0.484. The maximum atomic E-state index is 5.45. The van der Waals surface area contributed by atoms with Gasteiger partial charge in [-0.1, -0.05) is 11.6 Å². The predicted molar refractivity (Wildman–Crippen MR) is 34.5 cm³/mol. The second-order valence-corrected chi connectivity index (χ2v) is 2.73. The Morgan fingerprint density at radius 2 is 2.29 bits per heavy atom. The number of halogens is 2. The summed E-state index contributed by atoms with van der Waals surface area (Å²) in [6, 6.07) is 0. The van der Waals surface area contributed by atoms with Gasteiger partial charge >= 0.3 is 5.16 Å². The summed E-state index contributed by atoms with van der Waals surface area (Å²) in [7, 11) is 0. The van der Waals surface area contributed by atoms with Gasteiger partial charge in [-0.15, -0.1) is 0 Å². The largest absolute Gasteiger partial charge is 0.371 e. The molecule has 0 atom stereocenters. The SMILES string of the molecule is ClC1=C(Cl)SC=[N+]1. The Kier molecular flexibility index (Phi) is 1.62. The van der Waals surface area contributed by atoms with Gasteiger partial charge in [0, 0.05) is 0 Å². The molecule has 1 nitrogen and oxygen atoms in total. The number of rotatable bonds is 0. The molecule has 0 saturated carbocycles. The van der Waals surface area contributed by atoms with Crippen molar-refractivity contribution in [2.75, 3.05) is 0 Å². The molecular formula is C3HCl2NS+. The van der Waals surface area contributed by atoms with E-state index in [9.17, 15) is 0 Å². The lowest BCUT2D eigenvalue weighted by molar-refractivity contribution is 1.39. The van der Waals surface area contributed by atoms with Crippen LogP contribution < -0.4 is 4.99 Å². The van der Waals surface area contributed by atoms with Gasteiger partial charge in [0.25, 0.3) is 5.55 Å². The lowest BCUT2D eigenvalue weighted by atomic mass is 11.0. The van der Waals surface area contributed by atoms with Crippen LogP contribution in [0.3, 0.4) is 0 Å². The van der Waals surface area contributed by atoms with Crippen LogP contribution in [0, 0.1) is 0 Å². The van der Waals surface area contributed by atoms with Crippen molar-refractivity contribution in [2.24, 2.45) is 0 Å². The fourth-order valence-electron chi connectivity index (χ4n) is 0.218. The fraction of sp³-hybridized carbons (Fsp3) is 0. The lowest BCUT2D eigenvalue weighted by Crippen LogP contribution is -1.72. The van der Waals surface area contributed by atoms with E-state index in [2.05, 4.69) is 4.99 Å². The normalized spacial score (nSPS) is 19.1. The van der Waals surface area contributed by atoms with E-state index in [0.29, 0.717) is 9.52 Å². The zero-order valence-corrected chi connectivity index (χ0v) is 5.52. The first kappa shape index (κ1) is 5.48. The van der Waals surface area contributed by atoms with E-state index in [1.54, 1.807) is 5.55 Å². The van der Waals surface area contributed by atoms with E-state index in [1.165, 1.54) is 11.8 Å². The standard InChI is InChI=1S/C3HCl2NS/c4-2-3(5)7-1-6-2/h1H/q+1. The minimum Gasteiger partial charge on any atom is -0.0674 e. The highest BCUT2D eigenvalue weighted by Gasteiger charge is 2.18. The fourth-order valence-corrected chi connectivity index (χ4v) is 1.03. The molecule has 0 unspecified atom stereocenters. The Hall–Kier alpha value is 0.340. The van der Waals surface area contributed by atoms with E-state index in [1.807, 2.05) is 0 Å². The maximum absolute atomic E-state index is 5.45. The van der Waals surface area contributed by atoms with Crippen molar-refractivity contribution in [3.8, 4) is 0 Å². The Morgan fingerprint density at radius 3 is 2.43 bits per heavy atom. The molecule has 0 amide bonds. The molecule has 0 aromatic heterocycles. The van der Waals surface area contributed by atoms with Gasteiger partial charge in [-0.2, -0.15) is 0 Å². The summed E-state index contributed by atoms with van der Waals surface area (Å²) in [5.41, 5.74) is 1.60. The molecule has 1 aliphatic rings. The summed E-state index contributed by atoms with van der Waals surface area (Å²) in [6.07, 6.45) is 0. The Labute approximate surface area is 55.4 Å². The van der Waals surface area contributed by atoms with Crippen LogP contribution in [0.2, 0.25) is 0 Å². The van der Waals surface area contributed by atoms with Crippen LogP contribution in [0.25, 0.3) is 0 Å². The number of hydrogen-bond donors (Lipinski definition) is 0. The number of thioether (sulfide) groups is 1. The molecule has 0 aromatic carbocycles. The summed E-state index contributed by atoms with van der Waals surface area (Å²) in [6.45, 7) is 0. The third-order valence-electron chi connectivity index (χ3n) is 0.484. The second-order valence-electron chi connectivity index (χ2n) is 0.917. The van der Waals surface area contributed by atoms with Gasteiger partial charge in [0.1, 0.15) is 0 Å². The van der Waals surface area contributed by atoms with E-state index >= 15 is 0 Å². The molecule has 1 heterocycles. The van der Waals surface area contributed by atoms with Crippen LogP contribution in [0.4, 0.5) is 0 Å². The summed E-state index contributed by atoms with van der Waals surface area (Å²) >= 11 is 12.2. The summed E-state index contributed by atoms with van der Waals surface area (Å²) in [5.74, 6) is 0. The van der Waals surface area contributed by atoms with E-state index in [4.69, 9.17) is 23.2 Å². The van der Waals surface area contributed by atoms with Crippen molar-refractivity contribution in [3.05, 3.63) is 9.52 Å². The molecule has 1 radical (unpaired) electrons. The van der Waals surface area contributed by atoms with Crippen molar-refractivity contribution in [3.63, 3.8) is 0 Å². The van der Waals surface area contributed by atoms with Gasteiger partial charge < -0.3 is 0 Å². The molecule has 7 heavy (non-hydrogen) atoms. The van der Waals surface area contributed by atoms with Crippen LogP contribution in [0.1, 0.15) is 0 Å². The number of hydrogen-bond acceptors (Lipinski definition) is 2. The highest BCUT2D eigenvalue weighted by atomic mass is 35.5. The average molecular weight is 154 g/mol. The van der Waals surface area contributed by atoms with Gasteiger partial charge in [-0.25, -0.2) is 0 Å². The monoisotopic (exact) mass is 153 g/mol. The van der Waals surface area contributed by atoms with Crippen LogP contribution in [-0.2, 0) is 0 Å². The van der Waals surface area contributed by atoms with Gasteiger partial charge in [-0.3, -0.25) is 0 Å². The van der Waals surface area contributed by atoms with E-state index < -0.39 is 0 Å². The van der Waals surface area contributed by atoms with E-state index in [-0.39, 0.29) is 0 Å². The Balaban J connectivity index is 2.79. The first-order valence-electron chi connectivity index (χ1n) is 1.55. The minimum atomic E-state index is 0.395. The first-order chi connectivity index (χ1) is 3.30. The first-order valence-corrected chi connectivity index (χ1v) is 3.19. The van der Waals surface area contributed by atoms with E-state index in [0.717, 1.165) is 0 Å². The smallest absolute Gasteiger partial charge is 0.0674 e. The predicted octanol–water partition coefficient (Wildman–Crippen LogP) is 1.70. The molecule has 37 valence electrons. The second kappa shape index (κ2) is 2.07. The maximum Gasteiger partial charge on any atom is 0.371 e. The minimum absolute atomic E-state index is 0.395. The topological polar surface area (TPSA) is 14.1 Å².